The van der Waals surface area contributed by atoms with E-state index in [1.54, 1.807) is 5.32 Å². The summed E-state index contributed by atoms with van der Waals surface area (Å²) in [6, 6.07) is 2.15. The largest absolute Gasteiger partial charge is 0.415 e. The molecule has 1 atom stereocenters. The summed E-state index contributed by atoms with van der Waals surface area (Å²) in [7, 11) is 0. The van der Waals surface area contributed by atoms with Crippen molar-refractivity contribution in [3.63, 3.8) is 0 Å². The Morgan fingerprint density at radius 3 is 2.22 bits per heavy atom. The van der Waals surface area contributed by atoms with Gasteiger partial charge in [0.15, 0.2) is 17.2 Å². The van der Waals surface area contributed by atoms with E-state index in [1.807, 2.05) is 0 Å². The van der Waals surface area contributed by atoms with Crippen LogP contribution in [0.1, 0.15) is 6.92 Å². The molecule has 0 aliphatic rings. The maximum atomic E-state index is 12.8. The molecule has 0 aliphatic heterocycles. The maximum Gasteiger partial charge on any atom is 0.415 e. The molecule has 100 valence electrons. The zero-order valence-electron chi connectivity index (χ0n) is 9.11. The van der Waals surface area contributed by atoms with Crippen molar-refractivity contribution < 1.29 is 26.7 Å². The first-order valence-corrected chi connectivity index (χ1v) is 4.68. The van der Waals surface area contributed by atoms with Crippen LogP contribution in [-0.2, 0) is 4.79 Å². The number of alkyl halides is 3. The molecule has 0 heterocycles. The molecule has 3 nitrogen and oxygen atoms in total. The molecule has 0 spiro atoms. The number of amides is 1. The third-order valence-corrected chi connectivity index (χ3v) is 2.24. The monoisotopic (exact) mass is 268 g/mol. The molecular formula is C10H9F5N2O. The van der Waals surface area contributed by atoms with Crippen LogP contribution in [0.3, 0.4) is 0 Å². The van der Waals surface area contributed by atoms with Gasteiger partial charge in [-0.2, -0.15) is 13.2 Å². The zero-order valence-corrected chi connectivity index (χ0v) is 9.11. The fourth-order valence-corrected chi connectivity index (χ4v) is 0.964. The van der Waals surface area contributed by atoms with Crippen molar-refractivity contribution in [1.29, 1.82) is 0 Å². The first-order chi connectivity index (χ1) is 8.05. The standard InChI is InChI=1S/C10H9F5N2O/c1-9(16,10(13,14)15)8(18)17-5-2-3-6(11)7(12)4-5/h2-4H,16H2,1H3,(H,17,18). The molecule has 0 fully saturated rings. The maximum absolute atomic E-state index is 12.8. The van der Waals surface area contributed by atoms with Crippen LogP contribution in [0, 0.1) is 11.6 Å². The first kappa shape index (κ1) is 14.4. The van der Waals surface area contributed by atoms with Gasteiger partial charge in [-0.05, 0) is 19.1 Å². The minimum absolute atomic E-state index is 0.320. The zero-order chi connectivity index (χ0) is 14.1. The summed E-state index contributed by atoms with van der Waals surface area (Å²) < 4.78 is 62.6. The summed E-state index contributed by atoms with van der Waals surface area (Å²) in [4.78, 5) is 11.3. The van der Waals surface area contributed by atoms with Crippen molar-refractivity contribution in [2.24, 2.45) is 5.73 Å². The van der Waals surface area contributed by atoms with Gasteiger partial charge in [-0.1, -0.05) is 0 Å². The lowest BCUT2D eigenvalue weighted by Gasteiger charge is -2.26. The van der Waals surface area contributed by atoms with E-state index in [9.17, 15) is 26.7 Å². The molecule has 0 aliphatic carbocycles. The SMILES string of the molecule is CC(N)(C(=O)Nc1ccc(F)c(F)c1)C(F)(F)F. The van der Waals surface area contributed by atoms with Crippen LogP contribution in [0.2, 0.25) is 0 Å². The second-order valence-corrected chi connectivity index (χ2v) is 3.78. The van der Waals surface area contributed by atoms with Crippen LogP contribution in [0.15, 0.2) is 18.2 Å². The van der Waals surface area contributed by atoms with Gasteiger partial charge in [0.05, 0.1) is 0 Å². The van der Waals surface area contributed by atoms with E-state index in [2.05, 4.69) is 0 Å². The molecule has 3 N–H and O–H groups in total. The van der Waals surface area contributed by atoms with Gasteiger partial charge < -0.3 is 11.1 Å². The Morgan fingerprint density at radius 2 is 1.78 bits per heavy atom. The highest BCUT2D eigenvalue weighted by Crippen LogP contribution is 2.29. The van der Waals surface area contributed by atoms with E-state index < -0.39 is 29.3 Å². The molecule has 1 unspecified atom stereocenters. The van der Waals surface area contributed by atoms with Crippen molar-refractivity contribution >= 4 is 11.6 Å². The molecule has 0 aromatic heterocycles. The Kier molecular flexibility index (Phi) is 3.61. The van der Waals surface area contributed by atoms with Crippen LogP contribution in [0.4, 0.5) is 27.6 Å². The van der Waals surface area contributed by atoms with Crippen molar-refractivity contribution in [2.75, 3.05) is 5.32 Å². The van der Waals surface area contributed by atoms with Gasteiger partial charge in [-0.25, -0.2) is 8.78 Å². The molecule has 0 radical (unpaired) electrons. The number of carbonyl (C=O) groups excluding carboxylic acids is 1. The Morgan fingerprint density at radius 1 is 1.22 bits per heavy atom. The van der Waals surface area contributed by atoms with E-state index >= 15 is 0 Å². The number of rotatable bonds is 2. The van der Waals surface area contributed by atoms with Gasteiger partial charge >= 0.3 is 6.18 Å². The highest BCUT2D eigenvalue weighted by Gasteiger charge is 2.53. The van der Waals surface area contributed by atoms with Crippen LogP contribution in [0.25, 0.3) is 0 Å². The van der Waals surface area contributed by atoms with Gasteiger partial charge in [-0.15, -0.1) is 0 Å². The second-order valence-electron chi connectivity index (χ2n) is 3.78. The molecule has 0 bridgehead atoms. The summed E-state index contributed by atoms with van der Waals surface area (Å²) in [5, 5.41) is 1.77. The number of carbonyl (C=O) groups is 1. The fourth-order valence-electron chi connectivity index (χ4n) is 0.964. The molecule has 8 heteroatoms. The number of hydrogen-bond donors (Lipinski definition) is 2. The lowest BCUT2D eigenvalue weighted by Crippen LogP contribution is -2.59. The number of nitrogens with one attached hydrogen (secondary N) is 1. The highest BCUT2D eigenvalue weighted by atomic mass is 19.4. The van der Waals surface area contributed by atoms with E-state index in [4.69, 9.17) is 5.73 Å². The average Bonchev–Trinajstić information content (AvgIpc) is 2.21. The topological polar surface area (TPSA) is 55.1 Å². The normalized spacial score (nSPS) is 15.1. The predicted molar refractivity (Wildman–Crippen MR) is 53.6 cm³/mol. The van der Waals surface area contributed by atoms with Crippen LogP contribution < -0.4 is 11.1 Å². The lowest BCUT2D eigenvalue weighted by atomic mass is 10.0. The smallest absolute Gasteiger partial charge is 0.324 e. The van der Waals surface area contributed by atoms with E-state index in [0.717, 1.165) is 6.07 Å². The molecular weight excluding hydrogens is 259 g/mol. The van der Waals surface area contributed by atoms with E-state index in [1.165, 1.54) is 0 Å². The molecule has 0 saturated heterocycles. The van der Waals surface area contributed by atoms with Gasteiger partial charge in [0, 0.05) is 11.8 Å². The summed E-state index contributed by atoms with van der Waals surface area (Å²) in [6.07, 6.45) is -4.96. The van der Waals surface area contributed by atoms with Crippen molar-refractivity contribution in [3.8, 4) is 0 Å². The Balaban J connectivity index is 2.91. The van der Waals surface area contributed by atoms with Gasteiger partial charge in [0.2, 0.25) is 0 Å². The first-order valence-electron chi connectivity index (χ1n) is 4.68. The number of nitrogens with two attached hydrogens (primary N) is 1. The molecule has 18 heavy (non-hydrogen) atoms. The minimum Gasteiger partial charge on any atom is -0.324 e. The van der Waals surface area contributed by atoms with Crippen molar-refractivity contribution in [3.05, 3.63) is 29.8 Å². The van der Waals surface area contributed by atoms with Crippen LogP contribution >= 0.6 is 0 Å². The average molecular weight is 268 g/mol. The van der Waals surface area contributed by atoms with Gasteiger partial charge in [0.25, 0.3) is 5.91 Å². The fraction of sp³-hybridized carbons (Fsp3) is 0.300. The summed E-state index contributed by atoms with van der Waals surface area (Å²) in [5.41, 5.74) is 1.40. The predicted octanol–water partition coefficient (Wildman–Crippen LogP) is 2.18. The quantitative estimate of drug-likeness (QED) is 0.808. The number of halogens is 5. The Bertz CT molecular complexity index is 470. The number of benzene rings is 1. The van der Waals surface area contributed by atoms with Crippen LogP contribution in [0.5, 0.6) is 0 Å². The molecule has 1 aromatic rings. The lowest BCUT2D eigenvalue weighted by molar-refractivity contribution is -0.184. The van der Waals surface area contributed by atoms with E-state index in [0.29, 0.717) is 19.1 Å². The summed E-state index contributed by atoms with van der Waals surface area (Å²) in [5.74, 6) is -4.04. The van der Waals surface area contributed by atoms with E-state index in [-0.39, 0.29) is 5.69 Å². The van der Waals surface area contributed by atoms with Crippen molar-refractivity contribution in [1.82, 2.24) is 0 Å². The van der Waals surface area contributed by atoms with Crippen LogP contribution in [-0.4, -0.2) is 17.6 Å². The third kappa shape index (κ3) is 2.76. The Labute approximate surface area is 98.8 Å². The Hall–Kier alpha value is -1.70. The third-order valence-electron chi connectivity index (χ3n) is 2.24. The van der Waals surface area contributed by atoms with Gasteiger partial charge in [-0.3, -0.25) is 4.79 Å². The second kappa shape index (κ2) is 4.52. The highest BCUT2D eigenvalue weighted by molar-refractivity contribution is 5.98. The molecule has 1 rings (SSSR count). The molecule has 0 saturated carbocycles. The van der Waals surface area contributed by atoms with Crippen molar-refractivity contribution in [2.45, 2.75) is 18.6 Å². The number of anilines is 1. The summed E-state index contributed by atoms with van der Waals surface area (Å²) >= 11 is 0. The summed E-state index contributed by atoms with van der Waals surface area (Å²) in [6.45, 7) is 0.474. The molecule has 1 amide bonds. The number of hydrogen-bond acceptors (Lipinski definition) is 2. The minimum atomic E-state index is -4.96. The molecule has 1 aromatic carbocycles. The van der Waals surface area contributed by atoms with Gasteiger partial charge in [0.1, 0.15) is 0 Å².